The summed E-state index contributed by atoms with van der Waals surface area (Å²) in [5, 5.41) is 46.5. The van der Waals surface area contributed by atoms with Crippen molar-refractivity contribution in [3.63, 3.8) is 0 Å². The predicted octanol–water partition coefficient (Wildman–Crippen LogP) is -0.707. The van der Waals surface area contributed by atoms with Crippen LogP contribution in [0.5, 0.6) is 0 Å². The van der Waals surface area contributed by atoms with E-state index in [1.807, 2.05) is 0 Å². The van der Waals surface area contributed by atoms with Crippen molar-refractivity contribution in [2.45, 2.75) is 62.0 Å². The second-order valence-corrected chi connectivity index (χ2v) is 9.25. The molecule has 0 amide bonds. The Morgan fingerprint density at radius 2 is 1.02 bits per heavy atom. The van der Waals surface area contributed by atoms with Crippen LogP contribution in [-0.4, -0.2) is 161 Å². The summed E-state index contributed by atoms with van der Waals surface area (Å²) in [7, 11) is 0. The monoisotopic (exact) mass is 616 g/mol. The predicted molar refractivity (Wildman–Crippen MR) is 131 cm³/mol. The maximum absolute atomic E-state index is 13.7. The number of alkyl halides is 4. The first-order valence-corrected chi connectivity index (χ1v) is 13.3. The molecule has 1 fully saturated rings. The lowest BCUT2D eigenvalue weighted by Crippen LogP contribution is -2.40. The van der Waals surface area contributed by atoms with Gasteiger partial charge in [0.1, 0.15) is 31.5 Å². The van der Waals surface area contributed by atoms with Gasteiger partial charge in [-0.05, 0) is 19.3 Å². The van der Waals surface area contributed by atoms with E-state index in [0.717, 1.165) is 19.3 Å². The van der Waals surface area contributed by atoms with E-state index in [1.165, 1.54) is 0 Å². The third-order valence-corrected chi connectivity index (χ3v) is 5.32. The number of halogens is 4. The number of hydrogen-bond acceptors (Lipinski definition) is 13. The molecule has 17 heteroatoms. The smallest absolute Gasteiger partial charge is 0.383 e. The quantitative estimate of drug-likeness (QED) is 0.0579. The van der Waals surface area contributed by atoms with Gasteiger partial charge in [0.15, 0.2) is 0 Å². The molecule has 1 rings (SSSR count). The molecule has 0 aromatic carbocycles. The van der Waals surface area contributed by atoms with E-state index in [2.05, 4.69) is 14.2 Å². The first kappa shape index (κ1) is 38.2. The Bertz CT molecular complexity index is 638. The molecule has 246 valence electrons. The summed E-state index contributed by atoms with van der Waals surface area (Å²) in [6.07, 6.45) is -10.1. The van der Waals surface area contributed by atoms with Gasteiger partial charge in [-0.25, -0.2) is 0 Å². The first-order chi connectivity index (χ1) is 19.5. The molecule has 1 aliphatic carbocycles. The van der Waals surface area contributed by atoms with Gasteiger partial charge in [0.25, 0.3) is 0 Å². The van der Waals surface area contributed by atoms with E-state index >= 15 is 0 Å². The fourth-order valence-electron chi connectivity index (χ4n) is 3.60. The molecule has 0 aliphatic heterocycles. The average Bonchev–Trinajstić information content (AvgIpc) is 3.34. The summed E-state index contributed by atoms with van der Waals surface area (Å²) in [4.78, 5) is 0. The molecule has 1 aliphatic rings. The fraction of sp³-hybridized carbons (Fsp3) is 1.00. The Morgan fingerprint density at radius 3 is 1.63 bits per heavy atom. The normalized spacial score (nSPS) is 20.4. The molecule has 0 aromatic rings. The molecule has 0 bridgehead atoms. The van der Waals surface area contributed by atoms with E-state index in [9.17, 15) is 32.9 Å². The molecule has 5 atom stereocenters. The van der Waals surface area contributed by atoms with Crippen LogP contribution in [0, 0.1) is 0 Å². The molecule has 1 saturated carbocycles. The van der Waals surface area contributed by atoms with Gasteiger partial charge >= 0.3 is 12.2 Å². The van der Waals surface area contributed by atoms with Crippen molar-refractivity contribution in [3.8, 4) is 0 Å². The maximum Gasteiger partial charge on any atom is 0.383 e. The highest BCUT2D eigenvalue weighted by Gasteiger charge is 2.44. The Morgan fingerprint density at radius 1 is 0.561 bits per heavy atom. The van der Waals surface area contributed by atoms with Crippen molar-refractivity contribution in [2.75, 3.05) is 92.5 Å². The van der Waals surface area contributed by atoms with E-state index in [1.54, 1.807) is 0 Å². The van der Waals surface area contributed by atoms with Gasteiger partial charge in [-0.15, -0.1) is 0 Å². The molecule has 5 unspecified atom stereocenters. The molecular weight excluding hydrogens is 572 g/mol. The van der Waals surface area contributed by atoms with Gasteiger partial charge < -0.3 is 58.7 Å². The molecule has 0 radical (unpaired) electrons. The third kappa shape index (κ3) is 19.9. The largest absolute Gasteiger partial charge is 0.394 e. The van der Waals surface area contributed by atoms with Crippen molar-refractivity contribution < 1.29 is 81.0 Å². The molecule has 13 nitrogen and oxygen atoms in total. The van der Waals surface area contributed by atoms with Crippen LogP contribution in [0.15, 0.2) is 0 Å². The maximum atomic E-state index is 13.7. The van der Waals surface area contributed by atoms with Crippen LogP contribution in [0.4, 0.5) is 17.6 Å². The lowest BCUT2D eigenvalue weighted by Gasteiger charge is -2.24. The molecule has 0 heterocycles. The minimum absolute atomic E-state index is 0.0246. The lowest BCUT2D eigenvalue weighted by molar-refractivity contribution is -0.394. The lowest BCUT2D eigenvalue weighted by atomic mass is 10.2. The van der Waals surface area contributed by atoms with Crippen molar-refractivity contribution in [1.82, 2.24) is 0 Å². The Labute approximate surface area is 236 Å². The number of rotatable bonds is 27. The Balaban J connectivity index is 2.11. The van der Waals surface area contributed by atoms with Gasteiger partial charge in [-0.2, -0.15) is 17.6 Å². The zero-order valence-corrected chi connectivity index (χ0v) is 22.9. The standard InChI is InChI=1S/C24H44F4O13/c25-23(26,41-24(27,28)17-38-14-19(32)13-37-12-18(31)10-34-6-4-29)16-36-9-8-35-11-20(33)15-40-22-3-1-2-21(22)39-7-5-30/h18-22,29-33H,1-17H2. The topological polar surface area (TPSA) is 175 Å². The van der Waals surface area contributed by atoms with Crippen LogP contribution in [0.1, 0.15) is 19.3 Å². The number of ether oxygens (including phenoxy) is 8. The van der Waals surface area contributed by atoms with Gasteiger partial charge in [0.2, 0.25) is 0 Å². The summed E-state index contributed by atoms with van der Waals surface area (Å²) in [6, 6.07) is 0. The van der Waals surface area contributed by atoms with Crippen molar-refractivity contribution in [2.24, 2.45) is 0 Å². The van der Waals surface area contributed by atoms with Crippen molar-refractivity contribution in [1.29, 1.82) is 0 Å². The second-order valence-electron chi connectivity index (χ2n) is 9.25. The number of aliphatic hydroxyl groups excluding tert-OH is 5. The van der Waals surface area contributed by atoms with E-state index in [-0.39, 0.29) is 84.9 Å². The average molecular weight is 617 g/mol. The Kier molecular flexibility index (Phi) is 20.3. The highest BCUT2D eigenvalue weighted by molar-refractivity contribution is 4.79. The van der Waals surface area contributed by atoms with Crippen LogP contribution < -0.4 is 0 Å². The molecule has 0 aromatic heterocycles. The third-order valence-electron chi connectivity index (χ3n) is 5.32. The van der Waals surface area contributed by atoms with Crippen LogP contribution in [0.3, 0.4) is 0 Å². The summed E-state index contributed by atoms with van der Waals surface area (Å²) < 4.78 is 93.6. The first-order valence-electron chi connectivity index (χ1n) is 13.3. The number of hydrogen-bond donors (Lipinski definition) is 5. The number of aliphatic hydroxyl groups is 5. The molecule has 5 N–H and O–H groups in total. The van der Waals surface area contributed by atoms with Gasteiger partial charge in [-0.3, -0.25) is 4.74 Å². The van der Waals surface area contributed by atoms with Gasteiger partial charge in [-0.1, -0.05) is 0 Å². The summed E-state index contributed by atoms with van der Waals surface area (Å²) >= 11 is 0. The highest BCUT2D eigenvalue weighted by atomic mass is 19.3. The van der Waals surface area contributed by atoms with Gasteiger partial charge in [0.05, 0.1) is 91.5 Å². The minimum atomic E-state index is -4.39. The SMILES string of the molecule is OCCOCC(O)COCC(O)COCC(F)(F)OC(F)(F)COCCOCC(O)COC1CCCC1OCCO. The molecule has 0 saturated heterocycles. The summed E-state index contributed by atoms with van der Waals surface area (Å²) in [5.41, 5.74) is 0. The van der Waals surface area contributed by atoms with E-state index in [4.69, 9.17) is 33.9 Å². The zero-order valence-electron chi connectivity index (χ0n) is 22.9. The van der Waals surface area contributed by atoms with Crippen molar-refractivity contribution >= 4 is 0 Å². The van der Waals surface area contributed by atoms with Crippen LogP contribution in [0.25, 0.3) is 0 Å². The van der Waals surface area contributed by atoms with E-state index < -0.39 is 50.3 Å². The molecule has 41 heavy (non-hydrogen) atoms. The van der Waals surface area contributed by atoms with Crippen molar-refractivity contribution in [3.05, 3.63) is 0 Å². The highest BCUT2D eigenvalue weighted by Crippen LogP contribution is 2.28. The molecule has 0 spiro atoms. The van der Waals surface area contributed by atoms with Crippen LogP contribution >= 0.6 is 0 Å². The summed E-state index contributed by atoms with van der Waals surface area (Å²) in [5.74, 6) is 0. The Hall–Kier alpha value is -0.800. The zero-order chi connectivity index (χ0) is 30.6. The second kappa shape index (κ2) is 21.8. The summed E-state index contributed by atoms with van der Waals surface area (Å²) in [6.45, 7) is -5.38. The van der Waals surface area contributed by atoms with Crippen LogP contribution in [0.2, 0.25) is 0 Å². The van der Waals surface area contributed by atoms with Crippen LogP contribution in [-0.2, 0) is 37.9 Å². The van der Waals surface area contributed by atoms with E-state index in [0.29, 0.717) is 0 Å². The fourth-order valence-corrected chi connectivity index (χ4v) is 3.60. The molecular formula is C24H44F4O13. The minimum Gasteiger partial charge on any atom is -0.394 e. The van der Waals surface area contributed by atoms with Gasteiger partial charge in [0, 0.05) is 0 Å².